The number of carbonyl (C=O) groups excluding carboxylic acids is 2. The molecule has 1 aliphatic rings. The van der Waals surface area contributed by atoms with Crippen LogP contribution in [0, 0.1) is 5.92 Å². The fourth-order valence-corrected chi connectivity index (χ4v) is 4.26. The number of piperazine rings is 1. The fraction of sp³-hybridized carbons (Fsp3) is 0.600. The summed E-state index contributed by atoms with van der Waals surface area (Å²) in [4.78, 5) is 30.0. The van der Waals surface area contributed by atoms with Gasteiger partial charge in [0.1, 0.15) is 6.04 Å². The number of nitrogens with one attached hydrogen (secondary N) is 1. The Labute approximate surface area is 182 Å². The molecule has 28 heavy (non-hydrogen) atoms. The van der Waals surface area contributed by atoms with Gasteiger partial charge in [0.15, 0.2) is 0 Å². The minimum atomic E-state index is -0.552. The third-order valence-corrected chi connectivity index (χ3v) is 5.89. The van der Waals surface area contributed by atoms with E-state index in [9.17, 15) is 9.59 Å². The highest BCUT2D eigenvalue weighted by molar-refractivity contribution is 7.98. The zero-order valence-electron chi connectivity index (χ0n) is 16.7. The van der Waals surface area contributed by atoms with Crippen LogP contribution < -0.4 is 5.32 Å². The van der Waals surface area contributed by atoms with Gasteiger partial charge in [0.25, 0.3) is 5.91 Å². The second-order valence-corrected chi connectivity index (χ2v) is 9.28. The Bertz CT molecular complexity index is 679. The van der Waals surface area contributed by atoms with Gasteiger partial charge in [0.2, 0.25) is 5.91 Å². The fourth-order valence-electron chi connectivity index (χ4n) is 3.29. The van der Waals surface area contributed by atoms with Gasteiger partial charge < -0.3 is 10.2 Å². The first-order valence-corrected chi connectivity index (χ1v) is 11.7. The Morgan fingerprint density at radius 2 is 1.86 bits per heavy atom. The van der Waals surface area contributed by atoms with Crippen LogP contribution >= 0.6 is 35.0 Å². The summed E-state index contributed by atoms with van der Waals surface area (Å²) in [7, 11) is 0. The van der Waals surface area contributed by atoms with Crippen LogP contribution in [0.3, 0.4) is 0 Å². The number of carbonyl (C=O) groups is 2. The van der Waals surface area contributed by atoms with E-state index in [1.807, 2.05) is 11.2 Å². The van der Waals surface area contributed by atoms with E-state index in [-0.39, 0.29) is 16.8 Å². The summed E-state index contributed by atoms with van der Waals surface area (Å²) in [5.41, 5.74) is 0.328. The lowest BCUT2D eigenvalue weighted by atomic mass is 10.1. The predicted octanol–water partition coefficient (Wildman–Crippen LogP) is 3.65. The SMILES string of the molecule is CSCCC(NC(=O)c1ccc(Cl)cc1Cl)C(=O)N1CCN(CC(C)C)CC1. The molecule has 1 fully saturated rings. The molecule has 1 aromatic carbocycles. The summed E-state index contributed by atoms with van der Waals surface area (Å²) in [6.45, 7) is 8.58. The second kappa shape index (κ2) is 11.3. The Hall–Kier alpha value is -0.950. The topological polar surface area (TPSA) is 52.7 Å². The van der Waals surface area contributed by atoms with Gasteiger partial charge in [-0.2, -0.15) is 11.8 Å². The summed E-state index contributed by atoms with van der Waals surface area (Å²) in [6.07, 6.45) is 2.58. The van der Waals surface area contributed by atoms with Crippen molar-refractivity contribution >= 4 is 46.8 Å². The minimum Gasteiger partial charge on any atom is -0.340 e. The van der Waals surface area contributed by atoms with Gasteiger partial charge in [-0.15, -0.1) is 0 Å². The van der Waals surface area contributed by atoms with Crippen LogP contribution in [0.25, 0.3) is 0 Å². The molecule has 1 heterocycles. The third-order valence-electron chi connectivity index (χ3n) is 4.70. The van der Waals surface area contributed by atoms with Crippen molar-refractivity contribution in [3.05, 3.63) is 33.8 Å². The molecule has 1 unspecified atom stereocenters. The van der Waals surface area contributed by atoms with Crippen molar-refractivity contribution in [2.45, 2.75) is 26.3 Å². The largest absolute Gasteiger partial charge is 0.340 e. The first-order chi connectivity index (χ1) is 13.3. The highest BCUT2D eigenvalue weighted by atomic mass is 35.5. The van der Waals surface area contributed by atoms with Crippen LogP contribution in [0.15, 0.2) is 18.2 Å². The van der Waals surface area contributed by atoms with Crippen LogP contribution in [-0.2, 0) is 4.79 Å². The van der Waals surface area contributed by atoms with E-state index in [1.165, 1.54) is 6.07 Å². The number of hydrogen-bond acceptors (Lipinski definition) is 4. The van der Waals surface area contributed by atoms with Crippen LogP contribution in [0.5, 0.6) is 0 Å². The average molecular weight is 446 g/mol. The molecular formula is C20H29Cl2N3O2S. The van der Waals surface area contributed by atoms with E-state index in [2.05, 4.69) is 24.1 Å². The van der Waals surface area contributed by atoms with Crippen molar-refractivity contribution in [1.82, 2.24) is 15.1 Å². The van der Waals surface area contributed by atoms with Crippen molar-refractivity contribution < 1.29 is 9.59 Å². The summed E-state index contributed by atoms with van der Waals surface area (Å²) >= 11 is 13.7. The summed E-state index contributed by atoms with van der Waals surface area (Å²) in [5, 5.41) is 3.63. The number of amides is 2. The van der Waals surface area contributed by atoms with Crippen LogP contribution in [0.2, 0.25) is 10.0 Å². The van der Waals surface area contributed by atoms with Gasteiger partial charge in [0, 0.05) is 37.7 Å². The number of rotatable bonds is 8. The monoisotopic (exact) mass is 445 g/mol. The summed E-state index contributed by atoms with van der Waals surface area (Å²) < 4.78 is 0. The Morgan fingerprint density at radius 1 is 1.18 bits per heavy atom. The van der Waals surface area contributed by atoms with Crippen molar-refractivity contribution in [2.24, 2.45) is 5.92 Å². The minimum absolute atomic E-state index is 0.0170. The van der Waals surface area contributed by atoms with E-state index in [4.69, 9.17) is 23.2 Å². The molecule has 0 aromatic heterocycles. The molecule has 0 bridgehead atoms. The molecule has 8 heteroatoms. The molecule has 2 rings (SSSR count). The van der Waals surface area contributed by atoms with E-state index in [1.54, 1.807) is 23.9 Å². The first-order valence-electron chi connectivity index (χ1n) is 9.57. The number of thioether (sulfide) groups is 1. The molecule has 0 saturated carbocycles. The maximum Gasteiger partial charge on any atom is 0.253 e. The van der Waals surface area contributed by atoms with Gasteiger partial charge in [-0.25, -0.2) is 0 Å². The van der Waals surface area contributed by atoms with Gasteiger partial charge >= 0.3 is 0 Å². The number of benzene rings is 1. The summed E-state index contributed by atoms with van der Waals surface area (Å²) in [5.74, 6) is 1.04. The zero-order chi connectivity index (χ0) is 20.7. The maximum atomic E-state index is 13.1. The molecule has 5 nitrogen and oxygen atoms in total. The summed E-state index contributed by atoms with van der Waals surface area (Å²) in [6, 6.07) is 4.18. The van der Waals surface area contributed by atoms with Crippen LogP contribution in [-0.4, -0.2) is 72.4 Å². The van der Waals surface area contributed by atoms with Crippen molar-refractivity contribution in [1.29, 1.82) is 0 Å². The lowest BCUT2D eigenvalue weighted by molar-refractivity contribution is -0.135. The van der Waals surface area contributed by atoms with E-state index in [0.29, 0.717) is 36.0 Å². The molecule has 1 saturated heterocycles. The standard InChI is InChI=1S/C20H29Cl2N3O2S/c1-14(2)13-24-7-9-25(10-8-24)20(27)18(6-11-28-3)23-19(26)16-5-4-15(21)12-17(16)22/h4-5,12,14,18H,6-11,13H2,1-3H3,(H,23,26). The number of nitrogens with zero attached hydrogens (tertiary/aromatic N) is 2. The van der Waals surface area contributed by atoms with E-state index >= 15 is 0 Å². The third kappa shape index (κ3) is 6.83. The lowest BCUT2D eigenvalue weighted by Gasteiger charge is -2.37. The molecule has 156 valence electrons. The van der Waals surface area contributed by atoms with Gasteiger partial charge in [-0.1, -0.05) is 37.0 Å². The average Bonchev–Trinajstić information content (AvgIpc) is 2.64. The molecule has 0 radical (unpaired) electrons. The Morgan fingerprint density at radius 3 is 2.43 bits per heavy atom. The quantitative estimate of drug-likeness (QED) is 0.663. The van der Waals surface area contributed by atoms with Crippen molar-refractivity contribution in [2.75, 3.05) is 44.7 Å². The molecular weight excluding hydrogens is 417 g/mol. The number of halogens is 2. The van der Waals surface area contributed by atoms with E-state index < -0.39 is 6.04 Å². The van der Waals surface area contributed by atoms with E-state index in [0.717, 1.165) is 25.4 Å². The highest BCUT2D eigenvalue weighted by Gasteiger charge is 2.29. The smallest absolute Gasteiger partial charge is 0.253 e. The molecule has 1 aliphatic heterocycles. The highest BCUT2D eigenvalue weighted by Crippen LogP contribution is 2.21. The van der Waals surface area contributed by atoms with Crippen molar-refractivity contribution in [3.63, 3.8) is 0 Å². The molecule has 1 atom stereocenters. The normalized spacial score (nSPS) is 16.3. The van der Waals surface area contributed by atoms with Gasteiger partial charge in [0.05, 0.1) is 10.6 Å². The molecule has 0 aliphatic carbocycles. The zero-order valence-corrected chi connectivity index (χ0v) is 19.0. The van der Waals surface area contributed by atoms with Crippen LogP contribution in [0.4, 0.5) is 0 Å². The second-order valence-electron chi connectivity index (χ2n) is 7.45. The maximum absolute atomic E-state index is 13.1. The molecule has 1 aromatic rings. The molecule has 1 N–H and O–H groups in total. The van der Waals surface area contributed by atoms with Gasteiger partial charge in [-0.05, 0) is 42.5 Å². The molecule has 0 spiro atoms. The number of hydrogen-bond donors (Lipinski definition) is 1. The Kier molecular flexibility index (Phi) is 9.41. The van der Waals surface area contributed by atoms with Gasteiger partial charge in [-0.3, -0.25) is 14.5 Å². The predicted molar refractivity (Wildman–Crippen MR) is 119 cm³/mol. The van der Waals surface area contributed by atoms with Crippen LogP contribution in [0.1, 0.15) is 30.6 Å². The lowest BCUT2D eigenvalue weighted by Crippen LogP contribution is -2.55. The Balaban J connectivity index is 2.02. The van der Waals surface area contributed by atoms with Crippen molar-refractivity contribution in [3.8, 4) is 0 Å². The first kappa shape index (κ1) is 23.3. The molecule has 2 amide bonds.